The van der Waals surface area contributed by atoms with Gasteiger partial charge in [0.05, 0.1) is 9.40 Å². The molecule has 0 atom stereocenters. The number of carbonyl (C=O) groups is 1. The van der Waals surface area contributed by atoms with E-state index in [4.69, 9.17) is 5.11 Å². The van der Waals surface area contributed by atoms with Gasteiger partial charge in [-0.25, -0.2) is 9.48 Å². The standard InChI is InChI=1S/C12H10BrN3O4/c1-6-3-8(13)11(10(4-6)16(19)20)15-7(2)5-9(14-15)12(17)18/h3-5H,1-2H3,(H,17,18). The van der Waals surface area contributed by atoms with Gasteiger partial charge in [0, 0.05) is 11.8 Å². The van der Waals surface area contributed by atoms with Crippen LogP contribution in [0.4, 0.5) is 5.69 Å². The van der Waals surface area contributed by atoms with Crippen molar-refractivity contribution in [2.75, 3.05) is 0 Å². The third-order valence-corrected chi connectivity index (χ3v) is 3.31. The number of nitro groups is 1. The van der Waals surface area contributed by atoms with Crippen molar-refractivity contribution < 1.29 is 14.8 Å². The summed E-state index contributed by atoms with van der Waals surface area (Å²) in [5, 5.41) is 24.0. The first kappa shape index (κ1) is 14.2. The first-order chi connectivity index (χ1) is 9.31. The average molecular weight is 340 g/mol. The topological polar surface area (TPSA) is 98.3 Å². The number of nitrogens with zero attached hydrogens (tertiary/aromatic N) is 3. The molecule has 1 heterocycles. The molecule has 20 heavy (non-hydrogen) atoms. The van der Waals surface area contributed by atoms with Gasteiger partial charge in [0.15, 0.2) is 11.4 Å². The minimum Gasteiger partial charge on any atom is -0.476 e. The van der Waals surface area contributed by atoms with E-state index in [1.54, 1.807) is 19.9 Å². The molecule has 2 aromatic rings. The predicted molar refractivity (Wildman–Crippen MR) is 74.4 cm³/mol. The van der Waals surface area contributed by atoms with Crippen molar-refractivity contribution in [2.45, 2.75) is 13.8 Å². The van der Waals surface area contributed by atoms with Gasteiger partial charge in [-0.1, -0.05) is 0 Å². The van der Waals surface area contributed by atoms with E-state index < -0.39 is 10.9 Å². The number of hydrogen-bond donors (Lipinski definition) is 1. The lowest BCUT2D eigenvalue weighted by Crippen LogP contribution is -2.06. The molecular formula is C12H10BrN3O4. The van der Waals surface area contributed by atoms with Crippen molar-refractivity contribution in [2.24, 2.45) is 0 Å². The van der Waals surface area contributed by atoms with Crippen molar-refractivity contribution in [1.29, 1.82) is 0 Å². The number of carboxylic acids is 1. The summed E-state index contributed by atoms with van der Waals surface area (Å²) in [6, 6.07) is 4.49. The number of hydrogen-bond acceptors (Lipinski definition) is 4. The Hall–Kier alpha value is -2.22. The van der Waals surface area contributed by atoms with Gasteiger partial charge in [-0.3, -0.25) is 10.1 Å². The van der Waals surface area contributed by atoms with Crippen LogP contribution >= 0.6 is 15.9 Å². The maximum Gasteiger partial charge on any atom is 0.356 e. The van der Waals surface area contributed by atoms with E-state index in [2.05, 4.69) is 21.0 Å². The van der Waals surface area contributed by atoms with Crippen molar-refractivity contribution in [3.63, 3.8) is 0 Å². The first-order valence-corrected chi connectivity index (χ1v) is 6.35. The van der Waals surface area contributed by atoms with Crippen molar-refractivity contribution in [3.05, 3.63) is 49.7 Å². The molecule has 0 aliphatic carbocycles. The normalized spacial score (nSPS) is 10.6. The fraction of sp³-hybridized carbons (Fsp3) is 0.167. The Balaban J connectivity index is 2.75. The van der Waals surface area contributed by atoms with Crippen LogP contribution in [0.15, 0.2) is 22.7 Å². The highest BCUT2D eigenvalue weighted by Gasteiger charge is 2.23. The smallest absolute Gasteiger partial charge is 0.356 e. The highest BCUT2D eigenvalue weighted by atomic mass is 79.9. The van der Waals surface area contributed by atoms with Crippen LogP contribution in [0.25, 0.3) is 5.69 Å². The molecule has 0 amide bonds. The minimum atomic E-state index is -1.18. The quantitative estimate of drug-likeness (QED) is 0.684. The fourth-order valence-electron chi connectivity index (χ4n) is 1.87. The Labute approximate surface area is 122 Å². The van der Waals surface area contributed by atoms with Gasteiger partial charge >= 0.3 is 5.97 Å². The monoisotopic (exact) mass is 339 g/mol. The maximum absolute atomic E-state index is 11.2. The molecule has 0 fully saturated rings. The summed E-state index contributed by atoms with van der Waals surface area (Å²) in [5.41, 5.74) is 1.13. The number of rotatable bonds is 3. The number of benzene rings is 1. The largest absolute Gasteiger partial charge is 0.476 e. The molecule has 7 nitrogen and oxygen atoms in total. The number of aryl methyl sites for hydroxylation is 2. The first-order valence-electron chi connectivity index (χ1n) is 5.56. The third kappa shape index (κ3) is 2.42. The van der Waals surface area contributed by atoms with E-state index in [-0.39, 0.29) is 17.1 Å². The number of aromatic nitrogens is 2. The van der Waals surface area contributed by atoms with E-state index in [0.29, 0.717) is 10.2 Å². The summed E-state index contributed by atoms with van der Waals surface area (Å²) < 4.78 is 1.73. The van der Waals surface area contributed by atoms with Crippen LogP contribution in [0, 0.1) is 24.0 Å². The number of nitro benzene ring substituents is 1. The van der Waals surface area contributed by atoms with Crippen LogP contribution in [0.5, 0.6) is 0 Å². The summed E-state index contributed by atoms with van der Waals surface area (Å²) >= 11 is 3.27. The lowest BCUT2D eigenvalue weighted by Gasteiger charge is -2.08. The molecule has 0 saturated carbocycles. The molecule has 1 aromatic carbocycles. The Kier molecular flexibility index (Phi) is 3.58. The van der Waals surface area contributed by atoms with Crippen LogP contribution in [-0.2, 0) is 0 Å². The maximum atomic E-state index is 11.2. The molecule has 1 aromatic heterocycles. The SMILES string of the molecule is Cc1cc(Br)c(-n2nc(C(=O)O)cc2C)c([N+](=O)[O-])c1. The van der Waals surface area contributed by atoms with Crippen LogP contribution in [-0.4, -0.2) is 25.8 Å². The third-order valence-electron chi connectivity index (χ3n) is 2.70. The molecule has 0 saturated heterocycles. The molecule has 0 aliphatic rings. The van der Waals surface area contributed by atoms with Gasteiger partial charge in [0.25, 0.3) is 5.69 Å². The van der Waals surface area contributed by atoms with Gasteiger partial charge in [0.2, 0.25) is 0 Å². The van der Waals surface area contributed by atoms with Crippen molar-refractivity contribution >= 4 is 27.6 Å². The molecule has 1 N–H and O–H groups in total. The van der Waals surface area contributed by atoms with Crippen LogP contribution in [0.2, 0.25) is 0 Å². The molecule has 2 rings (SSSR count). The molecule has 104 valence electrons. The van der Waals surface area contributed by atoms with Gasteiger partial charge in [-0.2, -0.15) is 5.10 Å². The number of carboxylic acid groups (broad SMARTS) is 1. The summed E-state index contributed by atoms with van der Waals surface area (Å²) in [5.74, 6) is -1.18. The van der Waals surface area contributed by atoms with Crippen LogP contribution < -0.4 is 0 Å². The highest BCUT2D eigenvalue weighted by molar-refractivity contribution is 9.10. The summed E-state index contributed by atoms with van der Waals surface area (Å²) in [7, 11) is 0. The second-order valence-electron chi connectivity index (χ2n) is 4.26. The van der Waals surface area contributed by atoms with E-state index >= 15 is 0 Å². The van der Waals surface area contributed by atoms with E-state index in [9.17, 15) is 14.9 Å². The zero-order valence-electron chi connectivity index (χ0n) is 10.6. The summed E-state index contributed by atoms with van der Waals surface area (Å²) in [6.07, 6.45) is 0. The van der Waals surface area contributed by atoms with Gasteiger partial charge < -0.3 is 5.11 Å². The van der Waals surface area contributed by atoms with Crippen molar-refractivity contribution in [3.8, 4) is 5.69 Å². The summed E-state index contributed by atoms with van der Waals surface area (Å²) in [4.78, 5) is 21.6. The lowest BCUT2D eigenvalue weighted by atomic mass is 10.2. The van der Waals surface area contributed by atoms with E-state index in [0.717, 1.165) is 5.56 Å². The number of aromatic carboxylic acids is 1. The average Bonchev–Trinajstić information content (AvgIpc) is 2.70. The Morgan fingerprint density at radius 1 is 1.40 bits per heavy atom. The Morgan fingerprint density at radius 2 is 2.05 bits per heavy atom. The molecule has 0 spiro atoms. The molecule has 8 heteroatoms. The van der Waals surface area contributed by atoms with Crippen molar-refractivity contribution in [1.82, 2.24) is 9.78 Å². The molecule has 0 aliphatic heterocycles. The van der Waals surface area contributed by atoms with E-state index in [1.807, 2.05) is 0 Å². The minimum absolute atomic E-state index is 0.139. The van der Waals surface area contributed by atoms with E-state index in [1.165, 1.54) is 16.8 Å². The van der Waals surface area contributed by atoms with Crippen LogP contribution in [0.1, 0.15) is 21.7 Å². The summed E-state index contributed by atoms with van der Waals surface area (Å²) in [6.45, 7) is 3.37. The highest BCUT2D eigenvalue weighted by Crippen LogP contribution is 2.32. The van der Waals surface area contributed by atoms with Gasteiger partial charge in [-0.15, -0.1) is 0 Å². The predicted octanol–water partition coefficient (Wildman–Crippen LogP) is 2.86. The second-order valence-corrected chi connectivity index (χ2v) is 5.11. The second kappa shape index (κ2) is 5.04. The Morgan fingerprint density at radius 3 is 2.55 bits per heavy atom. The van der Waals surface area contributed by atoms with Gasteiger partial charge in [-0.05, 0) is 47.5 Å². The Bertz CT molecular complexity index is 724. The lowest BCUT2D eigenvalue weighted by molar-refractivity contribution is -0.384. The van der Waals surface area contributed by atoms with Crippen LogP contribution in [0.3, 0.4) is 0 Å². The molecule has 0 unspecified atom stereocenters. The van der Waals surface area contributed by atoms with Gasteiger partial charge in [0.1, 0.15) is 0 Å². The molecule has 0 radical (unpaired) electrons. The zero-order valence-corrected chi connectivity index (χ0v) is 12.2. The molecule has 0 bridgehead atoms. The molecular weight excluding hydrogens is 330 g/mol. The number of halogens is 1. The zero-order chi connectivity index (χ0) is 15.0. The fourth-order valence-corrected chi connectivity index (χ4v) is 2.60.